The van der Waals surface area contributed by atoms with Gasteiger partial charge >= 0.3 is 11.9 Å². The zero-order valence-corrected chi connectivity index (χ0v) is 46.1. The summed E-state index contributed by atoms with van der Waals surface area (Å²) in [6.45, 7) is 5.22. The van der Waals surface area contributed by atoms with Crippen LogP contribution in [0.4, 0.5) is 0 Å². The summed E-state index contributed by atoms with van der Waals surface area (Å²) in [5.41, 5.74) is 22.2. The molecule has 32 nitrogen and oxygen atoms in total. The normalized spacial score (nSPS) is 20.0. The van der Waals surface area contributed by atoms with Gasteiger partial charge in [-0.05, 0) is 57.6 Å². The lowest BCUT2D eigenvalue weighted by Crippen LogP contribution is -2.60. The van der Waals surface area contributed by atoms with Crippen LogP contribution in [0.3, 0.4) is 0 Å². The predicted octanol–water partition coefficient (Wildman–Crippen LogP) is -5.63. The van der Waals surface area contributed by atoms with Crippen molar-refractivity contribution < 1.29 is 102 Å². The second-order valence-corrected chi connectivity index (χ2v) is 18.4. The van der Waals surface area contributed by atoms with Crippen molar-refractivity contribution in [3.05, 3.63) is 23.7 Å². The Kier molecular flexibility index (Phi) is 34.7. The summed E-state index contributed by atoms with van der Waals surface area (Å²) in [5.74, 6) is -7.82. The minimum Gasteiger partial charge on any atom is -0.478 e. The number of carboxylic acid groups (broad SMARTS) is 2. The van der Waals surface area contributed by atoms with Crippen molar-refractivity contribution in [1.82, 2.24) is 26.2 Å². The zero-order valence-electron chi connectivity index (χ0n) is 46.1. The van der Waals surface area contributed by atoms with Crippen LogP contribution in [0.5, 0.6) is 0 Å². The Morgan fingerprint density at radius 2 is 0.988 bits per heavy atom. The average Bonchev–Trinajstić information content (AvgIpc) is 3.47. The molecule has 0 aromatic carbocycles. The number of nitrogens with two attached hydrogens (primary N) is 4. The molecule has 0 unspecified atom stereocenters. The highest BCUT2D eigenvalue weighted by Crippen LogP contribution is 2.28. The molecule has 0 aromatic rings. The number of aliphatic hydroxyl groups is 4. The van der Waals surface area contributed by atoms with E-state index < -0.39 is 146 Å². The lowest BCUT2D eigenvalue weighted by molar-refractivity contribution is -0.158. The molecule has 10 atom stereocenters. The molecule has 2 aliphatic heterocycles. The Morgan fingerprint density at radius 3 is 1.33 bits per heavy atom. The van der Waals surface area contributed by atoms with Gasteiger partial charge in [-0.3, -0.25) is 24.0 Å². The predicted molar refractivity (Wildman–Crippen MR) is 285 cm³/mol. The number of rotatable bonds is 43. The number of carboxylic acids is 2. The van der Waals surface area contributed by atoms with Gasteiger partial charge < -0.3 is 118 Å². The summed E-state index contributed by atoms with van der Waals surface area (Å²) in [4.78, 5) is 97.2. The molecule has 32 heteroatoms. The second-order valence-electron chi connectivity index (χ2n) is 18.4. The number of carbonyl (C=O) groups excluding carboxylic acids is 5. The fraction of sp³-hybridized carbons (Fsp3) is 0.735. The first-order valence-corrected chi connectivity index (χ1v) is 26.5. The van der Waals surface area contributed by atoms with Gasteiger partial charge in [-0.2, -0.15) is 0 Å². The zero-order chi connectivity index (χ0) is 60.3. The fourth-order valence-corrected chi connectivity index (χ4v) is 8.25. The number of aliphatic carboxylic acids is 2. The lowest BCUT2D eigenvalue weighted by Gasteiger charge is -2.40. The van der Waals surface area contributed by atoms with Gasteiger partial charge in [-0.15, -0.1) is 0 Å². The minimum atomic E-state index is -1.72. The van der Waals surface area contributed by atoms with E-state index in [2.05, 4.69) is 31.3 Å². The van der Waals surface area contributed by atoms with Crippen LogP contribution in [0.2, 0.25) is 0 Å². The number of hydrogen-bond donors (Lipinski definition) is 14. The van der Waals surface area contributed by atoms with Crippen LogP contribution < -0.4 is 44.2 Å². The van der Waals surface area contributed by atoms with E-state index >= 15 is 0 Å². The van der Waals surface area contributed by atoms with Crippen molar-refractivity contribution in [1.29, 1.82) is 0 Å². The molecular formula is C49H85N11O21. The Hall–Kier alpha value is -6.49. The topological polar surface area (TPSA) is 495 Å². The highest BCUT2D eigenvalue weighted by atomic mass is 16.6. The van der Waals surface area contributed by atoms with Crippen LogP contribution >= 0.6 is 0 Å². The van der Waals surface area contributed by atoms with Crippen molar-refractivity contribution in [2.24, 2.45) is 32.9 Å². The Bertz CT molecular complexity index is 1960. The van der Waals surface area contributed by atoms with Crippen LogP contribution in [-0.4, -0.2) is 255 Å². The molecule has 0 aliphatic carbocycles. The van der Waals surface area contributed by atoms with E-state index in [0.717, 1.165) is 12.2 Å². The van der Waals surface area contributed by atoms with Crippen LogP contribution in [0.1, 0.15) is 65.7 Å². The molecule has 5 amide bonds. The molecule has 0 saturated heterocycles. The van der Waals surface area contributed by atoms with Gasteiger partial charge in [-0.25, -0.2) is 19.6 Å². The van der Waals surface area contributed by atoms with Gasteiger partial charge in [0.05, 0.1) is 90.1 Å². The van der Waals surface area contributed by atoms with E-state index in [-0.39, 0.29) is 38.6 Å². The molecule has 0 radical (unpaired) electrons. The number of guanidine groups is 2. The number of ether oxygens (including phenoxy) is 8. The molecular weight excluding hydrogens is 1080 g/mol. The number of hydrogen-bond acceptors (Lipinski definition) is 21. The lowest BCUT2D eigenvalue weighted by atomic mass is 9.92. The van der Waals surface area contributed by atoms with E-state index in [4.69, 9.17) is 60.8 Å². The van der Waals surface area contributed by atoms with Crippen LogP contribution in [0.15, 0.2) is 33.7 Å². The third-order valence-corrected chi connectivity index (χ3v) is 12.0. The highest BCUT2D eigenvalue weighted by molar-refractivity contribution is 5.86. The first kappa shape index (κ1) is 70.6. The van der Waals surface area contributed by atoms with Crippen molar-refractivity contribution in [2.75, 3.05) is 105 Å². The molecule has 0 bridgehead atoms. The van der Waals surface area contributed by atoms with Crippen molar-refractivity contribution in [3.8, 4) is 0 Å². The maximum Gasteiger partial charge on any atom is 0.370 e. The Morgan fingerprint density at radius 1 is 0.605 bits per heavy atom. The number of aliphatic imine (C=N–C) groups is 2. The van der Waals surface area contributed by atoms with Gasteiger partial charge in [0.25, 0.3) is 0 Å². The summed E-state index contributed by atoms with van der Waals surface area (Å²) < 4.78 is 44.3. The number of carbonyl (C=O) groups is 7. The van der Waals surface area contributed by atoms with Crippen LogP contribution in [0.25, 0.3) is 0 Å². The monoisotopic (exact) mass is 1160 g/mol. The molecule has 2 heterocycles. The smallest absolute Gasteiger partial charge is 0.370 e. The molecule has 0 saturated carbocycles. The van der Waals surface area contributed by atoms with E-state index in [1.165, 1.54) is 13.8 Å². The summed E-state index contributed by atoms with van der Waals surface area (Å²) in [5, 5.41) is 71.0. The number of aliphatic hydroxyl groups excluding tert-OH is 4. The molecule has 18 N–H and O–H groups in total. The maximum absolute atomic E-state index is 13.5. The highest BCUT2D eigenvalue weighted by Gasteiger charge is 2.47. The SMILES string of the molecule is CCOCCOCCOCCOCCC(=O)N(CCCCCNC(=O)CO[C@@H]([C@@H]1OC(C(=O)O)=C[C@H](N=C(N)N)[C@H]1NC(C)=O)[C@H](O)CO)CCCCCNC(=O)CO[C@@H]([C@@H]1OC(C(=O)O)=C[C@H](N=C(N)N)[C@H]1NC(C)=O)[C@H](O)CO. The molecule has 0 fully saturated rings. The van der Waals surface area contributed by atoms with Gasteiger partial charge in [0.2, 0.25) is 41.1 Å². The third-order valence-electron chi connectivity index (χ3n) is 12.0. The summed E-state index contributed by atoms with van der Waals surface area (Å²) in [6.07, 6.45) is -4.15. The third kappa shape index (κ3) is 28.2. The molecule has 0 aromatic heterocycles. The first-order chi connectivity index (χ1) is 38.6. The van der Waals surface area contributed by atoms with Gasteiger partial charge in [0, 0.05) is 46.6 Å². The summed E-state index contributed by atoms with van der Waals surface area (Å²) in [7, 11) is 0. The standard InChI is InChI=1S/C49H85N11O21/c1-4-74-17-18-76-21-22-77-20-19-75-16-11-39(69)60(14-9-5-7-12-54-37(67)27-78-42(33(65)25-61)44-40(56-29(2)63)31(58-48(50)51)23-35(80-44)46(70)71)15-10-6-8-13-55-38(68)28-79-43(34(66)26-62)45-41(57-30(3)64)32(59-49(52)53)24-36(81-45)47(72)73/h23-24,31-34,40-45,61-62,65-66H,4-22,25-28H2,1-3H3,(H,54,67)(H,55,68)(H,56,63)(H,57,64)(H,70,71)(H,72,73)(H4,50,51,58)(H4,52,53,59)/t31-,32-,33+,34+,40+,41+,42+,43+,44+,45+/m0/s1. The molecule has 2 rings (SSSR count). The van der Waals surface area contributed by atoms with Crippen LogP contribution in [-0.2, 0) is 71.5 Å². The summed E-state index contributed by atoms with van der Waals surface area (Å²) >= 11 is 0. The second kappa shape index (κ2) is 39.8. The van der Waals surface area contributed by atoms with Gasteiger partial charge in [-0.1, -0.05) is 0 Å². The maximum atomic E-state index is 13.5. The Balaban J connectivity index is 1.98. The quantitative estimate of drug-likeness (QED) is 0.0154. The average molecular weight is 1160 g/mol. The number of nitrogens with zero attached hydrogens (tertiary/aromatic N) is 3. The molecule has 2 aliphatic rings. The Labute approximate surface area is 469 Å². The summed E-state index contributed by atoms with van der Waals surface area (Å²) in [6, 6.07) is -4.79. The van der Waals surface area contributed by atoms with Crippen molar-refractivity contribution >= 4 is 53.4 Å². The molecule has 81 heavy (non-hydrogen) atoms. The van der Waals surface area contributed by atoms with E-state index in [1.807, 2.05) is 6.92 Å². The van der Waals surface area contributed by atoms with Crippen LogP contribution in [0, 0.1) is 0 Å². The minimum absolute atomic E-state index is 0.0885. The van der Waals surface area contributed by atoms with Gasteiger partial charge in [0.15, 0.2) is 24.1 Å². The molecule has 462 valence electrons. The van der Waals surface area contributed by atoms with E-state index in [9.17, 15) is 64.2 Å². The number of amides is 5. The van der Waals surface area contributed by atoms with Crippen molar-refractivity contribution in [3.63, 3.8) is 0 Å². The first-order valence-electron chi connectivity index (χ1n) is 26.5. The number of unbranched alkanes of at least 4 members (excludes halogenated alkanes) is 4. The van der Waals surface area contributed by atoms with E-state index in [0.29, 0.717) is 91.3 Å². The largest absolute Gasteiger partial charge is 0.478 e. The fourth-order valence-electron chi connectivity index (χ4n) is 8.25. The molecule has 0 spiro atoms. The number of nitrogens with one attached hydrogen (secondary N) is 4. The van der Waals surface area contributed by atoms with E-state index in [1.54, 1.807) is 4.90 Å². The van der Waals surface area contributed by atoms with Gasteiger partial charge in [0.1, 0.15) is 37.6 Å². The van der Waals surface area contributed by atoms with Crippen molar-refractivity contribution in [2.45, 2.75) is 127 Å².